The van der Waals surface area contributed by atoms with Crippen LogP contribution in [0.4, 0.5) is 0 Å². The van der Waals surface area contributed by atoms with Crippen LogP contribution in [0.3, 0.4) is 0 Å². The van der Waals surface area contributed by atoms with Crippen molar-refractivity contribution in [3.8, 4) is 0 Å². The molecule has 2 heterocycles. The summed E-state index contributed by atoms with van der Waals surface area (Å²) in [5.74, 6) is -0.595. The lowest BCUT2D eigenvalue weighted by atomic mass is 9.85. The number of aliphatic hydroxyl groups excluding tert-OH is 1. The van der Waals surface area contributed by atoms with Crippen molar-refractivity contribution in [2.45, 2.75) is 97.2 Å². The summed E-state index contributed by atoms with van der Waals surface area (Å²) in [5, 5.41) is 13.3. The first kappa shape index (κ1) is 34.0. The number of Topliss-reactive ketones (excluding diaryl/α,β-unsaturated/α-hetero) is 1. The van der Waals surface area contributed by atoms with Crippen LogP contribution < -0.4 is 5.32 Å². The van der Waals surface area contributed by atoms with Gasteiger partial charge in [-0.2, -0.15) is 0 Å². The highest BCUT2D eigenvalue weighted by Crippen LogP contribution is 2.35. The molecule has 1 amide bonds. The van der Waals surface area contributed by atoms with Gasteiger partial charge in [0, 0.05) is 56.9 Å². The molecule has 44 heavy (non-hydrogen) atoms. The molecule has 0 aromatic heterocycles. The van der Waals surface area contributed by atoms with E-state index in [9.17, 15) is 19.5 Å². The molecule has 0 aromatic rings. The summed E-state index contributed by atoms with van der Waals surface area (Å²) in [6.45, 7) is 9.39. The second-order valence-corrected chi connectivity index (χ2v) is 13.0. The van der Waals surface area contributed by atoms with Crippen molar-refractivity contribution >= 4 is 17.5 Å². The molecule has 9 heteroatoms. The fourth-order valence-electron chi connectivity index (χ4n) is 6.15. The third-order valence-corrected chi connectivity index (χ3v) is 9.08. The Kier molecular flexibility index (Phi) is 11.9. The first-order valence-corrected chi connectivity index (χ1v) is 16.0. The molecule has 242 valence electrons. The van der Waals surface area contributed by atoms with Crippen LogP contribution in [0.5, 0.6) is 0 Å². The van der Waals surface area contributed by atoms with Crippen molar-refractivity contribution in [1.29, 1.82) is 0 Å². The summed E-state index contributed by atoms with van der Waals surface area (Å²) >= 11 is 0. The Balaban J connectivity index is 1.65. The lowest BCUT2D eigenvalue weighted by Crippen LogP contribution is -2.43. The van der Waals surface area contributed by atoms with E-state index in [4.69, 9.17) is 14.2 Å². The number of hydrogen-bond donors (Lipinski definition) is 2. The Morgan fingerprint density at radius 2 is 1.75 bits per heavy atom. The molecule has 2 bridgehead atoms. The topological polar surface area (TPSA) is 114 Å². The summed E-state index contributed by atoms with van der Waals surface area (Å²) in [6.07, 6.45) is 12.4. The van der Waals surface area contributed by atoms with Gasteiger partial charge in [-0.15, -0.1) is 0 Å². The number of methoxy groups -OCH3 is 2. The summed E-state index contributed by atoms with van der Waals surface area (Å²) in [6, 6.07) is 0. The number of ether oxygens (including phenoxy) is 3. The van der Waals surface area contributed by atoms with E-state index in [1.165, 1.54) is 6.08 Å². The molecule has 0 radical (unpaired) electrons. The van der Waals surface area contributed by atoms with E-state index in [-0.39, 0.29) is 53.3 Å². The molecule has 2 aliphatic carbocycles. The second kappa shape index (κ2) is 15.4. The quantitative estimate of drug-likeness (QED) is 0.256. The van der Waals surface area contributed by atoms with E-state index >= 15 is 0 Å². The number of rotatable bonds is 6. The number of nitrogens with one attached hydrogen (secondary N) is 1. The number of likely N-dealkylation sites (tertiary alicyclic amines) is 1. The number of carbonyl (C=O) groups is 3. The minimum atomic E-state index is -0.817. The van der Waals surface area contributed by atoms with E-state index in [0.29, 0.717) is 36.1 Å². The Morgan fingerprint density at radius 3 is 2.36 bits per heavy atom. The molecule has 4 rings (SSSR count). The van der Waals surface area contributed by atoms with Crippen molar-refractivity contribution in [1.82, 2.24) is 10.2 Å². The second-order valence-electron chi connectivity index (χ2n) is 13.0. The zero-order valence-electron chi connectivity index (χ0n) is 27.1. The Labute approximate surface area is 262 Å². The molecule has 4 unspecified atom stereocenters. The zero-order valence-corrected chi connectivity index (χ0v) is 27.1. The zero-order chi connectivity index (χ0) is 32.0. The summed E-state index contributed by atoms with van der Waals surface area (Å²) in [4.78, 5) is 42.1. The molecule has 4 aliphatic rings. The molecule has 9 nitrogen and oxygen atoms in total. The van der Waals surface area contributed by atoms with Crippen molar-refractivity contribution in [3.05, 3.63) is 58.5 Å². The lowest BCUT2D eigenvalue weighted by molar-refractivity contribution is -0.143. The molecule has 2 fully saturated rings. The third kappa shape index (κ3) is 8.87. The van der Waals surface area contributed by atoms with E-state index in [1.54, 1.807) is 33.3 Å². The maximum absolute atomic E-state index is 13.7. The van der Waals surface area contributed by atoms with Crippen LogP contribution in [-0.4, -0.2) is 79.4 Å². The maximum Gasteiger partial charge on any atom is 0.251 e. The van der Waals surface area contributed by atoms with Gasteiger partial charge in [0.2, 0.25) is 11.6 Å². The van der Waals surface area contributed by atoms with Crippen molar-refractivity contribution < 1.29 is 33.7 Å². The van der Waals surface area contributed by atoms with Gasteiger partial charge in [-0.3, -0.25) is 14.4 Å². The number of aliphatic hydroxyl groups is 1. The Bertz CT molecular complexity index is 1240. The van der Waals surface area contributed by atoms with Gasteiger partial charge in [-0.05, 0) is 69.8 Å². The number of fused-ring (bicyclic) bond motifs is 2. The fraction of sp³-hybridized carbons (Fsp3) is 0.629. The van der Waals surface area contributed by atoms with Crippen LogP contribution in [0.25, 0.3) is 0 Å². The van der Waals surface area contributed by atoms with Crippen molar-refractivity contribution in [2.24, 2.45) is 17.8 Å². The number of amides is 1. The smallest absolute Gasteiger partial charge is 0.251 e. The van der Waals surface area contributed by atoms with Gasteiger partial charge < -0.3 is 29.5 Å². The van der Waals surface area contributed by atoms with Gasteiger partial charge >= 0.3 is 0 Å². The van der Waals surface area contributed by atoms with Gasteiger partial charge in [0.1, 0.15) is 0 Å². The van der Waals surface area contributed by atoms with Crippen LogP contribution in [0.15, 0.2) is 58.5 Å². The van der Waals surface area contributed by atoms with Gasteiger partial charge in [-0.1, -0.05) is 38.2 Å². The largest absolute Gasteiger partial charge is 0.381 e. The van der Waals surface area contributed by atoms with E-state index in [2.05, 4.69) is 25.2 Å². The summed E-state index contributed by atoms with van der Waals surface area (Å²) < 4.78 is 17.8. The van der Waals surface area contributed by atoms with Gasteiger partial charge in [0.25, 0.3) is 5.91 Å². The number of ketones is 2. The standard InChI is InChI=1S/C35H50N2O7/c1-21-15-24(4)31(44-35(41)25-11-12-25)19-26(42-5)10-7-9-23(3)34(40)36-29-20-30(38)32(37-13-8-14-37)28(33(29)39)18-22(2)17-27(16-21)43-6/h7,9-10,15,20-22,25-27,31,35,41H,8,11-14,16-19H2,1-6H3,(H,36,40)/b10-7-,23-9+,24-15+/t21-,22-,26?,27?,31?,35?/m0/s1. The number of carbonyl (C=O) groups excluding carboxylic acids is 3. The lowest BCUT2D eigenvalue weighted by Gasteiger charge is -2.37. The highest BCUT2D eigenvalue weighted by Gasteiger charge is 2.36. The Morgan fingerprint density at radius 1 is 1.02 bits per heavy atom. The van der Waals surface area contributed by atoms with Crippen LogP contribution in [0.2, 0.25) is 0 Å². The van der Waals surface area contributed by atoms with Gasteiger partial charge in [0.15, 0.2) is 6.29 Å². The number of nitrogens with zero attached hydrogens (tertiary/aromatic N) is 1. The van der Waals surface area contributed by atoms with Crippen LogP contribution in [0.1, 0.15) is 72.6 Å². The molecule has 1 saturated carbocycles. The average Bonchev–Trinajstić information content (AvgIpc) is 3.80. The highest BCUT2D eigenvalue weighted by atomic mass is 16.6. The SMILES string of the molecule is COC1/C=C\C=C(/C)C(=O)NC2=CC(=O)C(N3CCC3)=C(C[C@@H](C)CC(OC)C[C@@H](C)/C=C(\C)C(OC(O)C3CC3)C1)C2=O. The van der Waals surface area contributed by atoms with Gasteiger partial charge in [0.05, 0.1) is 29.7 Å². The molecule has 2 aliphatic heterocycles. The minimum Gasteiger partial charge on any atom is -0.381 e. The molecule has 6 atom stereocenters. The predicted octanol–water partition coefficient (Wildman–Crippen LogP) is 4.54. The van der Waals surface area contributed by atoms with Crippen LogP contribution in [-0.2, 0) is 28.6 Å². The molecule has 0 aromatic carbocycles. The molecule has 1 saturated heterocycles. The fourth-order valence-corrected chi connectivity index (χ4v) is 6.15. The molecular formula is C35H50N2O7. The van der Waals surface area contributed by atoms with Crippen LogP contribution in [0, 0.1) is 17.8 Å². The van der Waals surface area contributed by atoms with Crippen molar-refractivity contribution in [2.75, 3.05) is 27.3 Å². The van der Waals surface area contributed by atoms with E-state index in [0.717, 1.165) is 44.3 Å². The van der Waals surface area contributed by atoms with Crippen LogP contribution >= 0.6 is 0 Å². The summed E-state index contributed by atoms with van der Waals surface area (Å²) in [7, 11) is 3.33. The minimum absolute atomic E-state index is 0.0131. The van der Waals surface area contributed by atoms with Gasteiger partial charge in [-0.25, -0.2) is 0 Å². The molecule has 2 N–H and O–H groups in total. The number of hydrogen-bond acceptors (Lipinski definition) is 8. The summed E-state index contributed by atoms with van der Waals surface area (Å²) in [5.41, 5.74) is 2.34. The first-order chi connectivity index (χ1) is 21.0. The number of allylic oxidation sites excluding steroid dienone is 5. The predicted molar refractivity (Wildman–Crippen MR) is 168 cm³/mol. The average molecular weight is 611 g/mol. The maximum atomic E-state index is 13.7. The molecule has 0 spiro atoms. The Hall–Kier alpha value is -2.85. The highest BCUT2D eigenvalue weighted by molar-refractivity contribution is 6.23. The monoisotopic (exact) mass is 610 g/mol. The third-order valence-electron chi connectivity index (χ3n) is 9.08. The molecular weight excluding hydrogens is 560 g/mol. The van der Waals surface area contributed by atoms with Crippen molar-refractivity contribution in [3.63, 3.8) is 0 Å². The normalized spacial score (nSPS) is 33.7. The van der Waals surface area contributed by atoms with E-state index in [1.807, 2.05) is 17.9 Å². The van der Waals surface area contributed by atoms with E-state index < -0.39 is 12.2 Å². The first-order valence-electron chi connectivity index (χ1n) is 16.0.